The van der Waals surface area contributed by atoms with Crippen LogP contribution in [0.3, 0.4) is 0 Å². The molecule has 2 aromatic rings. The van der Waals surface area contributed by atoms with Crippen LogP contribution in [-0.2, 0) is 21.4 Å². The van der Waals surface area contributed by atoms with E-state index in [1.165, 1.54) is 47.9 Å². The molecule has 4 nitrogen and oxygen atoms in total. The zero-order chi connectivity index (χ0) is 29.3. The first-order valence-corrected chi connectivity index (χ1v) is 15.5. The summed E-state index contributed by atoms with van der Waals surface area (Å²) in [5, 5.41) is 11.0. The molecule has 0 aromatic heterocycles. The highest BCUT2D eigenvalue weighted by molar-refractivity contribution is 5.75. The van der Waals surface area contributed by atoms with Crippen LogP contribution in [0.15, 0.2) is 48.2 Å². The largest absolute Gasteiger partial charge is 0.485 e. The second-order valence-corrected chi connectivity index (χ2v) is 12.4. The number of hydrogen-bond donors (Lipinski definition) is 1. The zero-order valence-electron chi connectivity index (χ0n) is 26.1. The van der Waals surface area contributed by atoms with Gasteiger partial charge in [-0.05, 0) is 91.3 Å². The van der Waals surface area contributed by atoms with Gasteiger partial charge in [-0.25, -0.2) is 0 Å². The Morgan fingerprint density at radius 2 is 1.62 bits per heavy atom. The van der Waals surface area contributed by atoms with E-state index in [4.69, 9.17) is 9.47 Å². The van der Waals surface area contributed by atoms with E-state index < -0.39 is 0 Å². The SMILES string of the molecule is CCCCCCC(C)(C)C(O)CCc1ccc(C(CC)(CC)c2ccc(OCC3=CCC(=O)O3)c(C)c2)cc1C. The highest BCUT2D eigenvalue weighted by atomic mass is 16.6. The van der Waals surface area contributed by atoms with Gasteiger partial charge in [-0.15, -0.1) is 0 Å². The summed E-state index contributed by atoms with van der Waals surface area (Å²) in [6, 6.07) is 13.4. The van der Waals surface area contributed by atoms with Crippen molar-refractivity contribution in [2.45, 2.75) is 124 Å². The maximum Gasteiger partial charge on any atom is 0.314 e. The van der Waals surface area contributed by atoms with Gasteiger partial charge in [0, 0.05) is 5.41 Å². The van der Waals surface area contributed by atoms with Gasteiger partial charge in [-0.1, -0.05) is 90.6 Å². The number of aliphatic hydroxyl groups is 1. The Bertz CT molecular complexity index is 1160. The van der Waals surface area contributed by atoms with Crippen molar-refractivity contribution in [1.82, 2.24) is 0 Å². The molecule has 0 aliphatic carbocycles. The summed E-state index contributed by atoms with van der Waals surface area (Å²) in [4.78, 5) is 11.4. The molecule has 3 rings (SSSR count). The summed E-state index contributed by atoms with van der Waals surface area (Å²) in [5.41, 5.74) is 6.20. The van der Waals surface area contributed by atoms with Crippen LogP contribution in [-0.4, -0.2) is 23.8 Å². The van der Waals surface area contributed by atoms with Crippen molar-refractivity contribution >= 4 is 5.97 Å². The van der Waals surface area contributed by atoms with Gasteiger partial charge in [0.05, 0.1) is 12.5 Å². The van der Waals surface area contributed by atoms with E-state index in [2.05, 4.69) is 84.9 Å². The van der Waals surface area contributed by atoms with Crippen LogP contribution in [0.4, 0.5) is 0 Å². The number of carbonyl (C=O) groups is 1. The minimum atomic E-state index is -0.292. The predicted octanol–water partition coefficient (Wildman–Crippen LogP) is 8.91. The first-order valence-electron chi connectivity index (χ1n) is 15.5. The fourth-order valence-corrected chi connectivity index (χ4v) is 6.14. The normalized spacial score (nSPS) is 14.7. The molecule has 0 saturated carbocycles. The Morgan fingerprint density at radius 1 is 0.950 bits per heavy atom. The summed E-state index contributed by atoms with van der Waals surface area (Å²) in [5.74, 6) is 1.18. The minimum absolute atomic E-state index is 0.0482. The van der Waals surface area contributed by atoms with E-state index in [0.29, 0.717) is 12.2 Å². The van der Waals surface area contributed by atoms with Crippen molar-refractivity contribution in [1.29, 1.82) is 0 Å². The third-order valence-electron chi connectivity index (χ3n) is 9.20. The van der Waals surface area contributed by atoms with E-state index in [1.54, 1.807) is 6.08 Å². The summed E-state index contributed by atoms with van der Waals surface area (Å²) >= 11 is 0. The van der Waals surface area contributed by atoms with Gasteiger partial charge in [-0.2, -0.15) is 0 Å². The number of unbranched alkanes of at least 4 members (excludes halogenated alkanes) is 3. The average Bonchev–Trinajstić information content (AvgIpc) is 3.35. The smallest absolute Gasteiger partial charge is 0.314 e. The Morgan fingerprint density at radius 3 is 2.20 bits per heavy atom. The van der Waals surface area contributed by atoms with Crippen LogP contribution in [0.5, 0.6) is 5.75 Å². The zero-order valence-corrected chi connectivity index (χ0v) is 26.1. The van der Waals surface area contributed by atoms with Crippen LogP contribution in [0.1, 0.15) is 120 Å². The molecular weight excluding hydrogens is 496 g/mol. The molecule has 0 amide bonds. The lowest BCUT2D eigenvalue weighted by molar-refractivity contribution is -0.136. The number of benzene rings is 2. The summed E-state index contributed by atoms with van der Waals surface area (Å²) in [6.45, 7) is 15.8. The molecule has 220 valence electrons. The van der Waals surface area contributed by atoms with Crippen molar-refractivity contribution in [2.24, 2.45) is 5.41 Å². The van der Waals surface area contributed by atoms with Crippen molar-refractivity contribution < 1.29 is 19.4 Å². The van der Waals surface area contributed by atoms with Gasteiger partial charge < -0.3 is 14.6 Å². The second kappa shape index (κ2) is 14.3. The Labute approximate surface area is 243 Å². The number of ether oxygens (including phenoxy) is 2. The molecular formula is C36H52O4. The first kappa shape index (κ1) is 31.9. The molecule has 1 atom stereocenters. The molecule has 1 aliphatic rings. The Kier molecular flexibility index (Phi) is 11.5. The topological polar surface area (TPSA) is 55.8 Å². The monoisotopic (exact) mass is 548 g/mol. The van der Waals surface area contributed by atoms with E-state index in [-0.39, 0.29) is 29.5 Å². The lowest BCUT2D eigenvalue weighted by atomic mass is 9.69. The molecule has 4 heteroatoms. The van der Waals surface area contributed by atoms with Crippen LogP contribution >= 0.6 is 0 Å². The lowest BCUT2D eigenvalue weighted by Gasteiger charge is -2.34. The molecule has 1 N–H and O–H groups in total. The van der Waals surface area contributed by atoms with Gasteiger partial charge in [0.15, 0.2) is 0 Å². The molecule has 1 unspecified atom stereocenters. The Hall–Kier alpha value is -2.59. The first-order chi connectivity index (χ1) is 19.1. The molecule has 1 heterocycles. The summed E-state index contributed by atoms with van der Waals surface area (Å²) in [7, 11) is 0. The van der Waals surface area contributed by atoms with Gasteiger partial charge in [0.25, 0.3) is 0 Å². The molecule has 0 radical (unpaired) electrons. The predicted molar refractivity (Wildman–Crippen MR) is 165 cm³/mol. The highest BCUT2D eigenvalue weighted by Crippen LogP contribution is 2.41. The number of aryl methyl sites for hydroxylation is 3. The molecule has 0 fully saturated rings. The number of rotatable bonds is 16. The fourth-order valence-electron chi connectivity index (χ4n) is 6.14. The van der Waals surface area contributed by atoms with Crippen molar-refractivity contribution in [3.8, 4) is 5.75 Å². The third kappa shape index (κ3) is 7.78. The molecule has 0 saturated heterocycles. The van der Waals surface area contributed by atoms with E-state index in [9.17, 15) is 9.90 Å². The standard InChI is InChI=1S/C36H52O4/c1-8-11-12-13-22-35(6,7)33(37)20-15-28-14-16-29(23-26(28)4)36(9-2,10-3)30-17-19-32(27(5)24-30)39-25-31-18-21-34(38)40-31/h14,16-19,23-24,33,37H,8-13,15,20-22,25H2,1-7H3. The Balaban J connectivity index is 1.71. The van der Waals surface area contributed by atoms with Gasteiger partial charge in [-0.3, -0.25) is 4.79 Å². The third-order valence-corrected chi connectivity index (χ3v) is 9.20. The van der Waals surface area contributed by atoms with Crippen molar-refractivity contribution in [3.63, 3.8) is 0 Å². The molecule has 1 aliphatic heterocycles. The molecule has 2 aromatic carbocycles. The summed E-state index contributed by atoms with van der Waals surface area (Å²) < 4.78 is 11.1. The molecule has 40 heavy (non-hydrogen) atoms. The van der Waals surface area contributed by atoms with Gasteiger partial charge in [0.1, 0.15) is 18.1 Å². The van der Waals surface area contributed by atoms with Crippen LogP contribution < -0.4 is 4.74 Å². The summed E-state index contributed by atoms with van der Waals surface area (Å²) in [6.07, 6.45) is 11.6. The second-order valence-electron chi connectivity index (χ2n) is 12.4. The maximum absolute atomic E-state index is 11.4. The average molecular weight is 549 g/mol. The van der Waals surface area contributed by atoms with Gasteiger partial charge in [0.2, 0.25) is 0 Å². The number of esters is 1. The quantitative estimate of drug-likeness (QED) is 0.168. The highest BCUT2D eigenvalue weighted by Gasteiger charge is 2.32. The van der Waals surface area contributed by atoms with Crippen LogP contribution in [0, 0.1) is 19.3 Å². The van der Waals surface area contributed by atoms with E-state index in [0.717, 1.165) is 43.4 Å². The van der Waals surface area contributed by atoms with Crippen molar-refractivity contribution in [2.75, 3.05) is 6.61 Å². The fraction of sp³-hybridized carbons (Fsp3) is 0.583. The number of cyclic esters (lactones) is 1. The van der Waals surface area contributed by atoms with Crippen LogP contribution in [0.2, 0.25) is 0 Å². The van der Waals surface area contributed by atoms with Crippen molar-refractivity contribution in [3.05, 3.63) is 76.1 Å². The molecule has 0 spiro atoms. The van der Waals surface area contributed by atoms with Gasteiger partial charge >= 0.3 is 5.97 Å². The number of hydrogen-bond acceptors (Lipinski definition) is 4. The number of aliphatic hydroxyl groups excluding tert-OH is 1. The van der Waals surface area contributed by atoms with E-state index >= 15 is 0 Å². The van der Waals surface area contributed by atoms with E-state index in [1.807, 2.05) is 0 Å². The minimum Gasteiger partial charge on any atom is -0.485 e. The lowest BCUT2D eigenvalue weighted by Crippen LogP contribution is -2.30. The van der Waals surface area contributed by atoms with Crippen LogP contribution in [0.25, 0.3) is 0 Å². The maximum atomic E-state index is 11.4. The molecule has 0 bridgehead atoms. The number of carbonyl (C=O) groups excluding carboxylic acids is 1.